The monoisotopic (exact) mass is 297 g/mol. The van der Waals surface area contributed by atoms with Gasteiger partial charge in [0.25, 0.3) is 0 Å². The van der Waals surface area contributed by atoms with E-state index in [0.717, 1.165) is 6.26 Å². The average Bonchev–Trinajstić information content (AvgIpc) is 2.26. The number of hydrogen-bond donors (Lipinski definition) is 0. The second-order valence-corrected chi connectivity index (χ2v) is 5.57. The maximum Gasteiger partial charge on any atom is 0.434 e. The number of ether oxygens (including phenoxy) is 1. The zero-order valence-corrected chi connectivity index (χ0v) is 10.8. The van der Waals surface area contributed by atoms with Crippen LogP contribution in [0.1, 0.15) is 23.0 Å². The summed E-state index contributed by atoms with van der Waals surface area (Å²) in [5, 5.41) is 0. The summed E-state index contributed by atoms with van der Waals surface area (Å²) in [4.78, 5) is 14.0. The predicted molar refractivity (Wildman–Crippen MR) is 58.3 cm³/mol. The Morgan fingerprint density at radius 3 is 2.42 bits per heavy atom. The van der Waals surface area contributed by atoms with E-state index in [1.165, 1.54) is 6.92 Å². The van der Waals surface area contributed by atoms with Crippen molar-refractivity contribution in [3.05, 3.63) is 23.5 Å². The SMILES string of the molecule is CCOC(=O)c1cc(S(C)(=O)=O)cnc1C(F)(F)F. The second-order valence-electron chi connectivity index (χ2n) is 3.56. The molecule has 1 aromatic rings. The standard InChI is InChI=1S/C10H10F3NO4S/c1-3-18-9(15)7-4-6(19(2,16)17)5-14-8(7)10(11,12)13/h4-5H,3H2,1-2H3. The number of alkyl halides is 3. The third kappa shape index (κ3) is 3.66. The number of esters is 1. The molecule has 0 aliphatic carbocycles. The molecule has 19 heavy (non-hydrogen) atoms. The van der Waals surface area contributed by atoms with Gasteiger partial charge >= 0.3 is 12.1 Å². The molecular formula is C10H10F3NO4S. The Hall–Kier alpha value is -1.64. The molecule has 0 bridgehead atoms. The zero-order valence-electron chi connectivity index (χ0n) is 9.98. The van der Waals surface area contributed by atoms with Crippen molar-refractivity contribution in [3.63, 3.8) is 0 Å². The van der Waals surface area contributed by atoms with Crippen LogP contribution in [0.5, 0.6) is 0 Å². The fourth-order valence-corrected chi connectivity index (χ4v) is 1.81. The molecule has 0 N–H and O–H groups in total. The lowest BCUT2D eigenvalue weighted by Gasteiger charge is -2.11. The first-order chi connectivity index (χ1) is 8.57. The van der Waals surface area contributed by atoms with Crippen LogP contribution in [0.25, 0.3) is 0 Å². The Bertz CT molecular complexity index is 595. The van der Waals surface area contributed by atoms with E-state index in [0.29, 0.717) is 12.3 Å². The first-order valence-electron chi connectivity index (χ1n) is 5.01. The largest absolute Gasteiger partial charge is 0.462 e. The number of hydrogen-bond acceptors (Lipinski definition) is 5. The Kier molecular flexibility index (Phi) is 4.18. The van der Waals surface area contributed by atoms with Crippen molar-refractivity contribution in [3.8, 4) is 0 Å². The average molecular weight is 297 g/mol. The van der Waals surface area contributed by atoms with Gasteiger partial charge in [0.1, 0.15) is 0 Å². The lowest BCUT2D eigenvalue weighted by atomic mass is 10.2. The molecule has 1 rings (SSSR count). The normalized spacial score (nSPS) is 12.3. The first-order valence-corrected chi connectivity index (χ1v) is 6.91. The van der Waals surface area contributed by atoms with Crippen LogP contribution >= 0.6 is 0 Å². The predicted octanol–water partition coefficient (Wildman–Crippen LogP) is 1.68. The summed E-state index contributed by atoms with van der Waals surface area (Å²) < 4.78 is 64.9. The number of pyridine rings is 1. The minimum atomic E-state index is -4.88. The third-order valence-corrected chi connectivity index (χ3v) is 3.13. The van der Waals surface area contributed by atoms with Crippen molar-refractivity contribution in [2.75, 3.05) is 12.9 Å². The molecule has 0 saturated carbocycles. The first kappa shape index (κ1) is 15.4. The molecule has 0 aliphatic rings. The molecule has 5 nitrogen and oxygen atoms in total. The number of nitrogens with zero attached hydrogens (tertiary/aromatic N) is 1. The van der Waals surface area contributed by atoms with Crippen molar-refractivity contribution in [1.29, 1.82) is 0 Å². The number of carbonyl (C=O) groups is 1. The highest BCUT2D eigenvalue weighted by atomic mass is 32.2. The molecule has 0 radical (unpaired) electrons. The summed E-state index contributed by atoms with van der Waals surface area (Å²) in [6.45, 7) is 1.28. The minimum absolute atomic E-state index is 0.140. The van der Waals surface area contributed by atoms with Gasteiger partial charge in [-0.1, -0.05) is 0 Å². The quantitative estimate of drug-likeness (QED) is 0.794. The molecule has 0 spiro atoms. The van der Waals surface area contributed by atoms with Crippen LogP contribution in [0.4, 0.5) is 13.2 Å². The van der Waals surface area contributed by atoms with Gasteiger partial charge in [0.2, 0.25) is 0 Å². The van der Waals surface area contributed by atoms with Gasteiger partial charge in [0.15, 0.2) is 15.5 Å². The van der Waals surface area contributed by atoms with Crippen molar-refractivity contribution < 1.29 is 31.1 Å². The number of aromatic nitrogens is 1. The Morgan fingerprint density at radius 2 is 2.00 bits per heavy atom. The molecule has 1 aromatic heterocycles. The Morgan fingerprint density at radius 1 is 1.42 bits per heavy atom. The highest BCUT2D eigenvalue weighted by Crippen LogP contribution is 2.31. The smallest absolute Gasteiger partial charge is 0.434 e. The number of sulfone groups is 1. The summed E-state index contributed by atoms with van der Waals surface area (Å²) >= 11 is 0. The third-order valence-electron chi connectivity index (χ3n) is 2.05. The molecule has 0 aromatic carbocycles. The number of carbonyl (C=O) groups excluding carboxylic acids is 1. The molecule has 0 aliphatic heterocycles. The van der Waals surface area contributed by atoms with E-state index in [1.807, 2.05) is 0 Å². The lowest BCUT2D eigenvalue weighted by molar-refractivity contribution is -0.141. The van der Waals surface area contributed by atoms with Crippen LogP contribution in [-0.4, -0.2) is 32.2 Å². The summed E-state index contributed by atoms with van der Waals surface area (Å²) in [6.07, 6.45) is -3.52. The van der Waals surface area contributed by atoms with Gasteiger partial charge in [0, 0.05) is 12.5 Å². The molecule has 1 heterocycles. The van der Waals surface area contributed by atoms with Gasteiger partial charge < -0.3 is 4.74 Å². The summed E-state index contributed by atoms with van der Waals surface area (Å²) in [6, 6.07) is 0.614. The van der Waals surface area contributed by atoms with Crippen LogP contribution in [0.2, 0.25) is 0 Å². The highest BCUT2D eigenvalue weighted by Gasteiger charge is 2.38. The lowest BCUT2D eigenvalue weighted by Crippen LogP contribution is -2.18. The second kappa shape index (κ2) is 5.16. The topological polar surface area (TPSA) is 73.3 Å². The van der Waals surface area contributed by atoms with E-state index in [1.54, 1.807) is 0 Å². The van der Waals surface area contributed by atoms with E-state index in [-0.39, 0.29) is 6.61 Å². The molecule has 106 valence electrons. The van der Waals surface area contributed by atoms with Crippen molar-refractivity contribution >= 4 is 15.8 Å². The molecule has 0 amide bonds. The summed E-state index contributed by atoms with van der Waals surface area (Å²) in [7, 11) is -3.77. The van der Waals surface area contributed by atoms with Gasteiger partial charge in [-0.05, 0) is 13.0 Å². The van der Waals surface area contributed by atoms with Gasteiger partial charge in [-0.2, -0.15) is 13.2 Å². The Balaban J connectivity index is 3.48. The van der Waals surface area contributed by atoms with E-state index < -0.39 is 38.1 Å². The van der Waals surface area contributed by atoms with Gasteiger partial charge in [0.05, 0.1) is 17.1 Å². The van der Waals surface area contributed by atoms with E-state index in [9.17, 15) is 26.4 Å². The number of halogens is 3. The van der Waals surface area contributed by atoms with Crippen LogP contribution in [0.15, 0.2) is 17.2 Å². The number of rotatable bonds is 3. The van der Waals surface area contributed by atoms with Gasteiger partial charge in [-0.3, -0.25) is 0 Å². The molecule has 0 saturated heterocycles. The molecule has 9 heteroatoms. The molecule has 0 atom stereocenters. The van der Waals surface area contributed by atoms with E-state index in [4.69, 9.17) is 0 Å². The minimum Gasteiger partial charge on any atom is -0.462 e. The molecular weight excluding hydrogens is 287 g/mol. The molecule has 0 unspecified atom stereocenters. The van der Waals surface area contributed by atoms with Crippen molar-refractivity contribution in [2.45, 2.75) is 18.0 Å². The summed E-state index contributed by atoms with van der Waals surface area (Å²) in [5.74, 6) is -1.27. The molecule has 0 fully saturated rings. The van der Waals surface area contributed by atoms with Gasteiger partial charge in [-0.25, -0.2) is 18.2 Å². The fourth-order valence-electron chi connectivity index (χ4n) is 1.24. The van der Waals surface area contributed by atoms with E-state index >= 15 is 0 Å². The Labute approximate surface area is 107 Å². The highest BCUT2D eigenvalue weighted by molar-refractivity contribution is 7.90. The maximum absolute atomic E-state index is 12.7. The van der Waals surface area contributed by atoms with Crippen molar-refractivity contribution in [1.82, 2.24) is 4.98 Å². The van der Waals surface area contributed by atoms with Crippen LogP contribution in [-0.2, 0) is 20.8 Å². The maximum atomic E-state index is 12.7. The van der Waals surface area contributed by atoms with Gasteiger partial charge in [-0.15, -0.1) is 0 Å². The van der Waals surface area contributed by atoms with Crippen LogP contribution in [0, 0.1) is 0 Å². The fraction of sp³-hybridized carbons (Fsp3) is 0.400. The van der Waals surface area contributed by atoms with Crippen LogP contribution < -0.4 is 0 Å². The van der Waals surface area contributed by atoms with Crippen molar-refractivity contribution in [2.24, 2.45) is 0 Å². The van der Waals surface area contributed by atoms with Crippen LogP contribution in [0.3, 0.4) is 0 Å². The summed E-state index contributed by atoms with van der Waals surface area (Å²) in [5.41, 5.74) is -2.39. The van der Waals surface area contributed by atoms with E-state index in [2.05, 4.69) is 9.72 Å². The zero-order chi connectivity index (χ0) is 14.8.